The maximum absolute atomic E-state index is 12.2. The van der Waals surface area contributed by atoms with Crippen molar-refractivity contribution in [2.24, 2.45) is 28.4 Å². The molecule has 2 N–H and O–H groups in total. The summed E-state index contributed by atoms with van der Waals surface area (Å²) in [5.74, 6) is 1.09. The molecule has 1 aliphatic carbocycles. The monoisotopic (exact) mass is 210 g/mol. The molecule has 2 rings (SSSR count). The molecule has 1 aliphatic heterocycles. The second-order valence-corrected chi connectivity index (χ2v) is 6.22. The number of amides is 1. The fourth-order valence-electron chi connectivity index (χ4n) is 2.90. The van der Waals surface area contributed by atoms with Gasteiger partial charge in [0.1, 0.15) is 0 Å². The summed E-state index contributed by atoms with van der Waals surface area (Å²) in [6, 6.07) is 0. The number of nitrogens with zero attached hydrogens (tertiary/aromatic N) is 1. The van der Waals surface area contributed by atoms with E-state index in [2.05, 4.69) is 27.7 Å². The van der Waals surface area contributed by atoms with Crippen LogP contribution < -0.4 is 5.73 Å². The van der Waals surface area contributed by atoms with Gasteiger partial charge in [0.15, 0.2) is 0 Å². The summed E-state index contributed by atoms with van der Waals surface area (Å²) >= 11 is 0. The van der Waals surface area contributed by atoms with E-state index >= 15 is 0 Å². The number of hydrogen-bond acceptors (Lipinski definition) is 2. The third kappa shape index (κ3) is 1.32. The minimum atomic E-state index is 0.165. The van der Waals surface area contributed by atoms with E-state index < -0.39 is 0 Å². The molecule has 0 bridgehead atoms. The highest BCUT2D eigenvalue weighted by Gasteiger charge is 2.69. The summed E-state index contributed by atoms with van der Waals surface area (Å²) < 4.78 is 0. The Bertz CT molecular complexity index is 276. The second-order valence-electron chi connectivity index (χ2n) is 6.22. The molecule has 2 fully saturated rings. The third-order valence-corrected chi connectivity index (χ3v) is 4.87. The summed E-state index contributed by atoms with van der Waals surface area (Å²) in [6.07, 6.45) is 0. The molecule has 2 aliphatic rings. The SMILES string of the molecule is CC1(C)C(C(=O)N2CC(CN)C2)C1(C)C. The van der Waals surface area contributed by atoms with Crippen molar-refractivity contribution < 1.29 is 4.79 Å². The molecule has 0 aromatic heterocycles. The Balaban J connectivity index is 1.95. The number of carbonyl (C=O) groups excluding carboxylic acids is 1. The van der Waals surface area contributed by atoms with Crippen LogP contribution >= 0.6 is 0 Å². The molecule has 0 radical (unpaired) electrons. The molecular weight excluding hydrogens is 188 g/mol. The summed E-state index contributed by atoms with van der Waals surface area (Å²) in [5, 5.41) is 0. The minimum Gasteiger partial charge on any atom is -0.342 e. The highest BCUT2D eigenvalue weighted by molar-refractivity contribution is 5.84. The molecule has 15 heavy (non-hydrogen) atoms. The van der Waals surface area contributed by atoms with Gasteiger partial charge in [-0.05, 0) is 17.4 Å². The van der Waals surface area contributed by atoms with Crippen molar-refractivity contribution in [3.8, 4) is 0 Å². The molecule has 0 unspecified atom stereocenters. The normalized spacial score (nSPS) is 28.7. The molecule has 1 saturated heterocycles. The topological polar surface area (TPSA) is 46.3 Å². The smallest absolute Gasteiger partial charge is 0.226 e. The largest absolute Gasteiger partial charge is 0.342 e. The maximum Gasteiger partial charge on any atom is 0.226 e. The van der Waals surface area contributed by atoms with Crippen LogP contribution in [0.4, 0.5) is 0 Å². The second kappa shape index (κ2) is 2.97. The van der Waals surface area contributed by atoms with E-state index in [-0.39, 0.29) is 16.7 Å². The summed E-state index contributed by atoms with van der Waals surface area (Å²) in [7, 11) is 0. The summed E-state index contributed by atoms with van der Waals surface area (Å²) in [5.41, 5.74) is 5.89. The third-order valence-electron chi connectivity index (χ3n) is 4.87. The van der Waals surface area contributed by atoms with Crippen LogP contribution in [0.5, 0.6) is 0 Å². The zero-order chi connectivity index (χ0) is 11.4. The molecule has 1 saturated carbocycles. The number of likely N-dealkylation sites (tertiary alicyclic amines) is 1. The first kappa shape index (κ1) is 10.9. The molecule has 1 amide bonds. The number of carbonyl (C=O) groups is 1. The Kier molecular flexibility index (Phi) is 2.16. The van der Waals surface area contributed by atoms with E-state index in [9.17, 15) is 4.79 Å². The van der Waals surface area contributed by atoms with E-state index in [0.29, 0.717) is 18.4 Å². The highest BCUT2D eigenvalue weighted by atomic mass is 16.2. The van der Waals surface area contributed by atoms with Crippen LogP contribution in [0, 0.1) is 22.7 Å². The van der Waals surface area contributed by atoms with E-state index in [4.69, 9.17) is 5.73 Å². The fourth-order valence-corrected chi connectivity index (χ4v) is 2.90. The molecule has 86 valence electrons. The van der Waals surface area contributed by atoms with Crippen LogP contribution in [0.1, 0.15) is 27.7 Å². The zero-order valence-electron chi connectivity index (χ0n) is 10.2. The summed E-state index contributed by atoms with van der Waals surface area (Å²) in [6.45, 7) is 11.2. The molecule has 3 heteroatoms. The Hall–Kier alpha value is -0.570. The van der Waals surface area contributed by atoms with Gasteiger partial charge in [0.25, 0.3) is 0 Å². The van der Waals surface area contributed by atoms with Crippen molar-refractivity contribution in [1.29, 1.82) is 0 Å². The van der Waals surface area contributed by atoms with Crippen LogP contribution in [0.2, 0.25) is 0 Å². The van der Waals surface area contributed by atoms with Crippen LogP contribution in [-0.4, -0.2) is 30.4 Å². The molecular formula is C12H22N2O. The Morgan fingerprint density at radius 3 is 2.07 bits per heavy atom. The van der Waals surface area contributed by atoms with Crippen molar-refractivity contribution in [1.82, 2.24) is 4.90 Å². The predicted octanol–water partition coefficient (Wildman–Crippen LogP) is 1.09. The molecule has 0 aromatic rings. The minimum absolute atomic E-state index is 0.165. The Labute approximate surface area is 92.0 Å². The van der Waals surface area contributed by atoms with Gasteiger partial charge in [0, 0.05) is 24.9 Å². The quantitative estimate of drug-likeness (QED) is 0.741. The molecule has 0 aromatic carbocycles. The lowest BCUT2D eigenvalue weighted by molar-refractivity contribution is -0.140. The Morgan fingerprint density at radius 2 is 1.73 bits per heavy atom. The van der Waals surface area contributed by atoms with Crippen molar-refractivity contribution in [2.75, 3.05) is 19.6 Å². The number of rotatable bonds is 2. The van der Waals surface area contributed by atoms with Crippen LogP contribution in [0.25, 0.3) is 0 Å². The van der Waals surface area contributed by atoms with E-state index in [1.165, 1.54) is 0 Å². The zero-order valence-corrected chi connectivity index (χ0v) is 10.2. The van der Waals surface area contributed by atoms with Gasteiger partial charge < -0.3 is 10.6 Å². The molecule has 0 spiro atoms. The van der Waals surface area contributed by atoms with Gasteiger partial charge >= 0.3 is 0 Å². The predicted molar refractivity (Wildman–Crippen MR) is 60.2 cm³/mol. The van der Waals surface area contributed by atoms with Crippen molar-refractivity contribution in [3.05, 3.63) is 0 Å². The van der Waals surface area contributed by atoms with E-state index in [1.807, 2.05) is 4.90 Å². The van der Waals surface area contributed by atoms with Gasteiger partial charge in [-0.3, -0.25) is 4.79 Å². The van der Waals surface area contributed by atoms with Gasteiger partial charge in [-0.25, -0.2) is 0 Å². The van der Waals surface area contributed by atoms with Crippen molar-refractivity contribution >= 4 is 5.91 Å². The maximum atomic E-state index is 12.2. The number of hydrogen-bond donors (Lipinski definition) is 1. The average molecular weight is 210 g/mol. The van der Waals surface area contributed by atoms with E-state index in [0.717, 1.165) is 13.1 Å². The van der Waals surface area contributed by atoms with Gasteiger partial charge in [-0.15, -0.1) is 0 Å². The van der Waals surface area contributed by atoms with Crippen molar-refractivity contribution in [3.63, 3.8) is 0 Å². The van der Waals surface area contributed by atoms with Gasteiger partial charge in [0.2, 0.25) is 5.91 Å². The molecule has 0 atom stereocenters. The van der Waals surface area contributed by atoms with Gasteiger partial charge in [-0.2, -0.15) is 0 Å². The lowest BCUT2D eigenvalue weighted by Crippen LogP contribution is -2.53. The highest BCUT2D eigenvalue weighted by Crippen LogP contribution is 2.69. The van der Waals surface area contributed by atoms with Crippen LogP contribution in [0.15, 0.2) is 0 Å². The van der Waals surface area contributed by atoms with Crippen LogP contribution in [0.3, 0.4) is 0 Å². The first-order valence-corrected chi connectivity index (χ1v) is 5.81. The standard InChI is InChI=1S/C12H22N2O/c1-11(2)9(12(11,3)4)10(15)14-6-8(5-13)7-14/h8-9H,5-7,13H2,1-4H3. The lowest BCUT2D eigenvalue weighted by atomic mass is 9.98. The molecule has 3 nitrogen and oxygen atoms in total. The Morgan fingerprint density at radius 1 is 1.27 bits per heavy atom. The first-order valence-electron chi connectivity index (χ1n) is 5.81. The fraction of sp³-hybridized carbons (Fsp3) is 0.917. The van der Waals surface area contributed by atoms with Crippen LogP contribution in [-0.2, 0) is 4.79 Å². The average Bonchev–Trinajstić information content (AvgIpc) is 2.40. The lowest BCUT2D eigenvalue weighted by Gasteiger charge is -2.39. The van der Waals surface area contributed by atoms with Gasteiger partial charge in [-0.1, -0.05) is 27.7 Å². The van der Waals surface area contributed by atoms with Gasteiger partial charge in [0.05, 0.1) is 0 Å². The number of nitrogens with two attached hydrogens (primary N) is 1. The van der Waals surface area contributed by atoms with Crippen molar-refractivity contribution in [2.45, 2.75) is 27.7 Å². The van der Waals surface area contributed by atoms with E-state index in [1.54, 1.807) is 0 Å². The first-order chi connectivity index (χ1) is 6.82. The molecule has 1 heterocycles. The summed E-state index contributed by atoms with van der Waals surface area (Å²) in [4.78, 5) is 14.1.